The van der Waals surface area contributed by atoms with Crippen molar-refractivity contribution in [1.82, 2.24) is 5.32 Å². The van der Waals surface area contributed by atoms with Crippen molar-refractivity contribution in [2.24, 2.45) is 0 Å². The van der Waals surface area contributed by atoms with Crippen LogP contribution in [0.4, 0.5) is 5.69 Å². The number of halogens is 2. The summed E-state index contributed by atoms with van der Waals surface area (Å²) in [6.07, 6.45) is 6.31. The van der Waals surface area contributed by atoms with Gasteiger partial charge < -0.3 is 5.32 Å². The molecule has 1 N–H and O–H groups in total. The summed E-state index contributed by atoms with van der Waals surface area (Å²) >= 11 is 12.2. The molecule has 3 rings (SSSR count). The summed E-state index contributed by atoms with van der Waals surface area (Å²) in [5.41, 5.74) is 1.20. The second kappa shape index (κ2) is 10.0. The standard InChI is InChI=1S/C22H26Cl2N2O3S/c1-16-8-10-21(11-9-16)30(28,29)26(20-13-17(23)12-18(24)14-20)15-22(27)25-19-6-4-2-3-5-7-19/h8-14,19H,2-7,15H2,1H3,(H,25,27). The normalized spacial score (nSPS) is 15.4. The van der Waals surface area contributed by atoms with Crippen LogP contribution in [-0.2, 0) is 14.8 Å². The van der Waals surface area contributed by atoms with Crippen LogP contribution in [0.2, 0.25) is 10.0 Å². The van der Waals surface area contributed by atoms with Crippen molar-refractivity contribution in [2.75, 3.05) is 10.8 Å². The lowest BCUT2D eigenvalue weighted by Crippen LogP contribution is -2.44. The number of hydrogen-bond acceptors (Lipinski definition) is 3. The minimum atomic E-state index is -3.99. The SMILES string of the molecule is Cc1ccc(S(=O)(=O)N(CC(=O)NC2CCCCCC2)c2cc(Cl)cc(Cl)c2)cc1. The minimum absolute atomic E-state index is 0.0758. The van der Waals surface area contributed by atoms with Gasteiger partial charge in [-0.15, -0.1) is 0 Å². The average molecular weight is 469 g/mol. The van der Waals surface area contributed by atoms with Gasteiger partial charge in [-0.3, -0.25) is 9.10 Å². The van der Waals surface area contributed by atoms with Gasteiger partial charge in [0, 0.05) is 16.1 Å². The molecule has 0 aliphatic heterocycles. The fourth-order valence-electron chi connectivity index (χ4n) is 3.66. The summed E-state index contributed by atoms with van der Waals surface area (Å²) in [4.78, 5) is 12.9. The number of aryl methyl sites for hydroxylation is 1. The van der Waals surface area contributed by atoms with Crippen LogP contribution < -0.4 is 9.62 Å². The molecule has 0 heterocycles. The number of nitrogens with zero attached hydrogens (tertiary/aromatic N) is 1. The Balaban J connectivity index is 1.91. The third-order valence-electron chi connectivity index (χ3n) is 5.25. The van der Waals surface area contributed by atoms with E-state index in [4.69, 9.17) is 23.2 Å². The van der Waals surface area contributed by atoms with Crippen LogP contribution in [-0.4, -0.2) is 26.9 Å². The van der Waals surface area contributed by atoms with Gasteiger partial charge in [-0.1, -0.05) is 66.6 Å². The van der Waals surface area contributed by atoms with Gasteiger partial charge in [0.1, 0.15) is 6.54 Å². The van der Waals surface area contributed by atoms with Crippen LogP contribution in [0, 0.1) is 6.92 Å². The first-order valence-corrected chi connectivity index (χ1v) is 12.3. The molecule has 1 fully saturated rings. The van der Waals surface area contributed by atoms with Gasteiger partial charge in [0.15, 0.2) is 0 Å². The second-order valence-corrected chi connectivity index (χ2v) is 10.4. The third kappa shape index (κ3) is 5.90. The largest absolute Gasteiger partial charge is 0.352 e. The lowest BCUT2D eigenvalue weighted by Gasteiger charge is -2.26. The Morgan fingerprint density at radius 1 is 1.00 bits per heavy atom. The fraction of sp³-hybridized carbons (Fsp3) is 0.409. The number of sulfonamides is 1. The lowest BCUT2D eigenvalue weighted by molar-refractivity contribution is -0.120. The molecule has 0 bridgehead atoms. The summed E-state index contributed by atoms with van der Waals surface area (Å²) in [5, 5.41) is 3.60. The lowest BCUT2D eigenvalue weighted by atomic mass is 10.1. The molecule has 0 unspecified atom stereocenters. The highest BCUT2D eigenvalue weighted by Crippen LogP contribution is 2.30. The van der Waals surface area contributed by atoms with Crippen molar-refractivity contribution in [3.8, 4) is 0 Å². The molecule has 1 saturated carbocycles. The highest BCUT2D eigenvalue weighted by molar-refractivity contribution is 7.92. The van der Waals surface area contributed by atoms with E-state index >= 15 is 0 Å². The molecule has 0 atom stereocenters. The van der Waals surface area contributed by atoms with Crippen molar-refractivity contribution in [3.05, 3.63) is 58.1 Å². The van der Waals surface area contributed by atoms with Gasteiger partial charge in [-0.2, -0.15) is 0 Å². The number of rotatable bonds is 6. The van der Waals surface area contributed by atoms with E-state index in [0.717, 1.165) is 35.6 Å². The molecular weight excluding hydrogens is 443 g/mol. The van der Waals surface area contributed by atoms with E-state index in [1.807, 2.05) is 6.92 Å². The molecule has 1 amide bonds. The van der Waals surface area contributed by atoms with E-state index in [0.29, 0.717) is 10.0 Å². The number of hydrogen-bond donors (Lipinski definition) is 1. The Morgan fingerprint density at radius 3 is 2.13 bits per heavy atom. The first-order valence-electron chi connectivity index (χ1n) is 10.1. The van der Waals surface area contributed by atoms with E-state index < -0.39 is 10.0 Å². The van der Waals surface area contributed by atoms with Gasteiger partial charge in [0.25, 0.3) is 10.0 Å². The number of benzene rings is 2. The van der Waals surface area contributed by atoms with Crippen molar-refractivity contribution in [2.45, 2.75) is 56.4 Å². The van der Waals surface area contributed by atoms with Crippen LogP contribution in [0.3, 0.4) is 0 Å². The van der Waals surface area contributed by atoms with Crippen LogP contribution in [0.15, 0.2) is 47.4 Å². The van der Waals surface area contributed by atoms with Crippen LogP contribution in [0.25, 0.3) is 0 Å². The van der Waals surface area contributed by atoms with Crippen molar-refractivity contribution >= 4 is 44.8 Å². The number of anilines is 1. The third-order valence-corrected chi connectivity index (χ3v) is 7.48. The molecule has 1 aliphatic carbocycles. The van der Waals surface area contributed by atoms with E-state index in [9.17, 15) is 13.2 Å². The summed E-state index contributed by atoms with van der Waals surface area (Å²) in [6.45, 7) is 1.54. The molecule has 0 radical (unpaired) electrons. The quantitative estimate of drug-likeness (QED) is 0.581. The summed E-state index contributed by atoms with van der Waals surface area (Å²) in [5.74, 6) is -0.339. The number of amides is 1. The maximum Gasteiger partial charge on any atom is 0.264 e. The highest BCUT2D eigenvalue weighted by atomic mass is 35.5. The number of carbonyl (C=O) groups is 1. The Hall–Kier alpha value is -1.76. The Kier molecular flexibility index (Phi) is 7.66. The Bertz CT molecular complexity index is 966. The summed E-state index contributed by atoms with van der Waals surface area (Å²) < 4.78 is 27.9. The molecule has 0 aromatic heterocycles. The maximum absolute atomic E-state index is 13.4. The van der Waals surface area contributed by atoms with Crippen molar-refractivity contribution in [3.63, 3.8) is 0 Å². The molecule has 30 heavy (non-hydrogen) atoms. The van der Waals surface area contributed by atoms with E-state index in [1.165, 1.54) is 43.2 Å². The van der Waals surface area contributed by atoms with Gasteiger partial charge >= 0.3 is 0 Å². The van der Waals surface area contributed by atoms with Crippen LogP contribution >= 0.6 is 23.2 Å². The van der Waals surface area contributed by atoms with Crippen molar-refractivity contribution < 1.29 is 13.2 Å². The predicted octanol–water partition coefficient (Wildman–Crippen LogP) is 5.34. The molecule has 1 aliphatic rings. The van der Waals surface area contributed by atoms with Gasteiger partial charge in [-0.25, -0.2) is 8.42 Å². The number of carbonyl (C=O) groups excluding carboxylic acids is 1. The smallest absolute Gasteiger partial charge is 0.264 e. The van der Waals surface area contributed by atoms with Gasteiger partial charge in [0.2, 0.25) is 5.91 Å². The maximum atomic E-state index is 13.4. The molecule has 0 saturated heterocycles. The molecule has 0 spiro atoms. The second-order valence-electron chi connectivity index (χ2n) is 7.71. The van der Waals surface area contributed by atoms with E-state index in [-0.39, 0.29) is 29.1 Å². The minimum Gasteiger partial charge on any atom is -0.352 e. The molecule has 2 aromatic rings. The predicted molar refractivity (Wildman–Crippen MR) is 122 cm³/mol. The Morgan fingerprint density at radius 2 is 1.57 bits per heavy atom. The van der Waals surface area contributed by atoms with E-state index in [2.05, 4.69) is 5.32 Å². The van der Waals surface area contributed by atoms with Crippen molar-refractivity contribution in [1.29, 1.82) is 0 Å². The zero-order chi connectivity index (χ0) is 21.7. The molecule has 2 aromatic carbocycles. The first kappa shape index (κ1) is 22.9. The molecule has 162 valence electrons. The van der Waals surface area contributed by atoms with Gasteiger partial charge in [0.05, 0.1) is 10.6 Å². The zero-order valence-electron chi connectivity index (χ0n) is 16.9. The number of nitrogens with one attached hydrogen (secondary N) is 1. The first-order chi connectivity index (χ1) is 14.3. The molecule has 5 nitrogen and oxygen atoms in total. The zero-order valence-corrected chi connectivity index (χ0v) is 19.2. The highest BCUT2D eigenvalue weighted by Gasteiger charge is 2.28. The average Bonchev–Trinajstić information content (AvgIpc) is 2.94. The van der Waals surface area contributed by atoms with Crippen LogP contribution in [0.5, 0.6) is 0 Å². The monoisotopic (exact) mass is 468 g/mol. The molecular formula is C22H26Cl2N2O3S. The summed E-state index contributed by atoms with van der Waals surface area (Å²) in [7, 11) is -3.99. The Labute approximate surface area is 188 Å². The summed E-state index contributed by atoms with van der Waals surface area (Å²) in [6, 6.07) is 11.1. The van der Waals surface area contributed by atoms with Gasteiger partial charge in [-0.05, 0) is 50.1 Å². The fourth-order valence-corrected chi connectivity index (χ4v) is 5.58. The molecule has 8 heteroatoms. The topological polar surface area (TPSA) is 66.5 Å². The van der Waals surface area contributed by atoms with Crippen LogP contribution in [0.1, 0.15) is 44.1 Å². The van der Waals surface area contributed by atoms with E-state index in [1.54, 1.807) is 12.1 Å².